The lowest BCUT2D eigenvalue weighted by atomic mass is 10.4. The van der Waals surface area contributed by atoms with Gasteiger partial charge in [-0.25, -0.2) is 0 Å². The Balaban J connectivity index is 2.37. The van der Waals surface area contributed by atoms with Crippen LogP contribution in [0.1, 0.15) is 20.3 Å². The Hall–Kier alpha value is -0.160. The molecule has 83 valence electrons. The molecule has 1 fully saturated rings. The van der Waals surface area contributed by atoms with Gasteiger partial charge in [-0.3, -0.25) is 0 Å². The maximum Gasteiger partial charge on any atom is 0.282 e. The SMILES string of the molecule is [CH2]CC(OCC)(OCC)OCC1CO1. The van der Waals surface area contributed by atoms with E-state index in [4.69, 9.17) is 18.9 Å². The molecular formula is C10H19O4. The highest BCUT2D eigenvalue weighted by atomic mass is 16.9. The van der Waals surface area contributed by atoms with Gasteiger partial charge in [0.2, 0.25) is 0 Å². The summed E-state index contributed by atoms with van der Waals surface area (Å²) in [5.74, 6) is -0.977. The number of hydrogen-bond donors (Lipinski definition) is 0. The zero-order chi connectivity index (χ0) is 10.4. The van der Waals surface area contributed by atoms with Crippen LogP contribution in [0.5, 0.6) is 0 Å². The first kappa shape index (κ1) is 11.9. The Kier molecular flexibility index (Phi) is 4.81. The topological polar surface area (TPSA) is 40.2 Å². The van der Waals surface area contributed by atoms with Crippen LogP contribution in [0.25, 0.3) is 0 Å². The molecule has 1 radical (unpaired) electrons. The van der Waals surface area contributed by atoms with Crippen molar-refractivity contribution in [1.29, 1.82) is 0 Å². The fourth-order valence-corrected chi connectivity index (χ4v) is 1.17. The molecule has 0 aromatic rings. The predicted octanol–water partition coefficient (Wildman–Crippen LogP) is 1.35. The van der Waals surface area contributed by atoms with Crippen LogP contribution in [0.15, 0.2) is 0 Å². The van der Waals surface area contributed by atoms with Crippen molar-refractivity contribution in [2.45, 2.75) is 32.3 Å². The molecule has 1 rings (SSSR count). The van der Waals surface area contributed by atoms with Gasteiger partial charge >= 0.3 is 0 Å². The van der Waals surface area contributed by atoms with Gasteiger partial charge in [0.25, 0.3) is 5.97 Å². The molecule has 1 heterocycles. The second-order valence-corrected chi connectivity index (χ2v) is 3.07. The molecule has 0 aromatic carbocycles. The molecule has 1 atom stereocenters. The molecular weight excluding hydrogens is 184 g/mol. The first-order chi connectivity index (χ1) is 6.76. The summed E-state index contributed by atoms with van der Waals surface area (Å²) in [5.41, 5.74) is 0. The van der Waals surface area contributed by atoms with E-state index in [0.717, 1.165) is 6.61 Å². The molecule has 1 saturated heterocycles. The van der Waals surface area contributed by atoms with E-state index in [1.165, 1.54) is 0 Å². The van der Waals surface area contributed by atoms with Crippen LogP contribution in [0, 0.1) is 6.92 Å². The lowest BCUT2D eigenvalue weighted by molar-refractivity contribution is -0.377. The summed E-state index contributed by atoms with van der Waals surface area (Å²) < 4.78 is 21.5. The third-order valence-electron chi connectivity index (χ3n) is 1.93. The maximum absolute atomic E-state index is 5.55. The Morgan fingerprint density at radius 1 is 1.29 bits per heavy atom. The minimum absolute atomic E-state index is 0.210. The highest BCUT2D eigenvalue weighted by Gasteiger charge is 2.34. The van der Waals surface area contributed by atoms with Crippen molar-refractivity contribution in [1.82, 2.24) is 0 Å². The van der Waals surface area contributed by atoms with E-state index < -0.39 is 5.97 Å². The third-order valence-corrected chi connectivity index (χ3v) is 1.93. The largest absolute Gasteiger partial charge is 0.371 e. The zero-order valence-corrected chi connectivity index (χ0v) is 8.95. The minimum Gasteiger partial charge on any atom is -0.371 e. The van der Waals surface area contributed by atoms with E-state index in [0.29, 0.717) is 26.2 Å². The van der Waals surface area contributed by atoms with Crippen LogP contribution < -0.4 is 0 Å². The van der Waals surface area contributed by atoms with Crippen LogP contribution in [0.2, 0.25) is 0 Å². The van der Waals surface area contributed by atoms with E-state index in [9.17, 15) is 0 Å². The summed E-state index contributed by atoms with van der Waals surface area (Å²) in [6.07, 6.45) is 0.642. The predicted molar refractivity (Wildman–Crippen MR) is 51.6 cm³/mol. The fourth-order valence-electron chi connectivity index (χ4n) is 1.17. The van der Waals surface area contributed by atoms with Crippen LogP contribution in [0.4, 0.5) is 0 Å². The van der Waals surface area contributed by atoms with Crippen molar-refractivity contribution in [2.24, 2.45) is 0 Å². The summed E-state index contributed by atoms with van der Waals surface area (Å²) in [7, 11) is 0. The zero-order valence-electron chi connectivity index (χ0n) is 8.95. The van der Waals surface area contributed by atoms with Crippen molar-refractivity contribution in [3.8, 4) is 0 Å². The Morgan fingerprint density at radius 2 is 1.86 bits per heavy atom. The Labute approximate surface area is 85.5 Å². The average molecular weight is 203 g/mol. The van der Waals surface area contributed by atoms with E-state index in [1.54, 1.807) is 0 Å². The second-order valence-electron chi connectivity index (χ2n) is 3.07. The van der Waals surface area contributed by atoms with Crippen molar-refractivity contribution in [3.05, 3.63) is 6.92 Å². The van der Waals surface area contributed by atoms with Crippen molar-refractivity contribution in [3.63, 3.8) is 0 Å². The van der Waals surface area contributed by atoms with Gasteiger partial charge in [-0.15, -0.1) is 0 Å². The van der Waals surface area contributed by atoms with Crippen LogP contribution in [-0.2, 0) is 18.9 Å². The molecule has 0 saturated carbocycles. The molecule has 1 aliphatic rings. The summed E-state index contributed by atoms with van der Waals surface area (Å²) in [5, 5.41) is 0. The van der Waals surface area contributed by atoms with Crippen LogP contribution in [-0.4, -0.2) is 38.5 Å². The third kappa shape index (κ3) is 3.53. The van der Waals surface area contributed by atoms with Crippen LogP contribution in [0.3, 0.4) is 0 Å². The maximum atomic E-state index is 5.55. The fraction of sp³-hybridized carbons (Fsp3) is 0.900. The molecule has 0 amide bonds. The summed E-state index contributed by atoms with van der Waals surface area (Å²) >= 11 is 0. The minimum atomic E-state index is -0.977. The second kappa shape index (κ2) is 5.66. The molecule has 0 bridgehead atoms. The van der Waals surface area contributed by atoms with Gasteiger partial charge in [0.1, 0.15) is 6.10 Å². The van der Waals surface area contributed by atoms with Crippen molar-refractivity contribution in [2.75, 3.05) is 26.4 Å². The first-order valence-electron chi connectivity index (χ1n) is 5.09. The number of ether oxygens (including phenoxy) is 4. The van der Waals surface area contributed by atoms with Gasteiger partial charge < -0.3 is 18.9 Å². The number of epoxide rings is 1. The van der Waals surface area contributed by atoms with Crippen molar-refractivity contribution >= 4 is 0 Å². The van der Waals surface area contributed by atoms with Gasteiger partial charge in [-0.1, -0.05) is 0 Å². The van der Waals surface area contributed by atoms with Crippen molar-refractivity contribution < 1.29 is 18.9 Å². The van der Waals surface area contributed by atoms with E-state index in [2.05, 4.69) is 6.92 Å². The molecule has 1 unspecified atom stereocenters. The standard InChI is InChI=1S/C10H19O4/c1-4-10(12-5-2,13-6-3)14-8-9-7-11-9/h9H,1,4-8H2,2-3H3. The molecule has 14 heavy (non-hydrogen) atoms. The molecule has 0 aromatic heterocycles. The monoisotopic (exact) mass is 203 g/mol. The molecule has 0 spiro atoms. The smallest absolute Gasteiger partial charge is 0.282 e. The number of rotatable bonds is 8. The van der Waals surface area contributed by atoms with E-state index in [1.807, 2.05) is 13.8 Å². The molecule has 1 aliphatic heterocycles. The first-order valence-corrected chi connectivity index (χ1v) is 5.09. The van der Waals surface area contributed by atoms with Gasteiger partial charge in [0.15, 0.2) is 0 Å². The van der Waals surface area contributed by atoms with Crippen LogP contribution >= 0.6 is 0 Å². The Bertz CT molecular complexity index is 150. The molecule has 0 aliphatic carbocycles. The lowest BCUT2D eigenvalue weighted by Crippen LogP contribution is -2.39. The Morgan fingerprint density at radius 3 is 2.21 bits per heavy atom. The summed E-state index contributed by atoms with van der Waals surface area (Å²) in [4.78, 5) is 0. The van der Waals surface area contributed by atoms with Gasteiger partial charge in [0.05, 0.1) is 13.2 Å². The van der Waals surface area contributed by atoms with Gasteiger partial charge in [-0.05, 0) is 20.8 Å². The van der Waals surface area contributed by atoms with E-state index in [-0.39, 0.29) is 6.10 Å². The normalized spacial score (nSPS) is 21.2. The van der Waals surface area contributed by atoms with Gasteiger partial charge in [-0.2, -0.15) is 0 Å². The summed E-state index contributed by atoms with van der Waals surface area (Å²) in [6, 6.07) is 0. The summed E-state index contributed by atoms with van der Waals surface area (Å²) in [6.45, 7) is 9.95. The number of hydrogen-bond acceptors (Lipinski definition) is 4. The highest BCUT2D eigenvalue weighted by molar-refractivity contribution is 4.70. The van der Waals surface area contributed by atoms with Gasteiger partial charge in [0, 0.05) is 19.6 Å². The highest BCUT2D eigenvalue weighted by Crippen LogP contribution is 2.22. The molecule has 4 heteroatoms. The lowest BCUT2D eigenvalue weighted by Gasteiger charge is -2.31. The van der Waals surface area contributed by atoms with E-state index >= 15 is 0 Å². The quantitative estimate of drug-likeness (QED) is 0.441. The molecule has 4 nitrogen and oxygen atoms in total. The average Bonchev–Trinajstić information content (AvgIpc) is 2.98. The molecule has 0 N–H and O–H groups in total.